The van der Waals surface area contributed by atoms with E-state index in [-0.39, 0.29) is 0 Å². The minimum Gasteiger partial charge on any atom is -0.399 e. The average molecular weight is 284 g/mol. The van der Waals surface area contributed by atoms with Gasteiger partial charge >= 0.3 is 0 Å². The van der Waals surface area contributed by atoms with Gasteiger partial charge in [-0.1, -0.05) is 18.2 Å². The van der Waals surface area contributed by atoms with Crippen LogP contribution in [-0.2, 0) is 11.0 Å². The van der Waals surface area contributed by atoms with Crippen molar-refractivity contribution in [1.29, 1.82) is 0 Å². The molecule has 1 atom stereocenters. The van der Waals surface area contributed by atoms with Gasteiger partial charge in [0.15, 0.2) is 11.0 Å². The van der Waals surface area contributed by atoms with Gasteiger partial charge in [0.25, 0.3) is 0 Å². The molecule has 3 rings (SSSR count). The molecule has 0 aliphatic heterocycles. The van der Waals surface area contributed by atoms with Crippen molar-refractivity contribution < 1.29 is 4.21 Å². The number of anilines is 1. The Kier molecular flexibility index (Phi) is 3.10. The standard InChI is InChI=1S/C16H16N2OS/c1-11-12(2)18(16-9-8-13(17)10-15(11)16)20(19)14-6-4-3-5-7-14/h3-10H,17H2,1-2H3. The maximum Gasteiger partial charge on any atom is 0.157 e. The molecule has 0 saturated carbocycles. The number of fused-ring (bicyclic) bond motifs is 1. The number of nitrogens with two attached hydrogens (primary N) is 1. The van der Waals surface area contributed by atoms with Crippen molar-refractivity contribution in [2.24, 2.45) is 0 Å². The highest BCUT2D eigenvalue weighted by Crippen LogP contribution is 2.29. The summed E-state index contributed by atoms with van der Waals surface area (Å²) in [5.41, 5.74) is 9.66. The van der Waals surface area contributed by atoms with Crippen LogP contribution in [0.15, 0.2) is 53.4 Å². The zero-order valence-electron chi connectivity index (χ0n) is 11.5. The first-order chi connectivity index (χ1) is 9.59. The quantitative estimate of drug-likeness (QED) is 0.733. The number of hydrogen-bond acceptors (Lipinski definition) is 2. The van der Waals surface area contributed by atoms with Gasteiger partial charge in [-0.05, 0) is 49.7 Å². The van der Waals surface area contributed by atoms with Crippen molar-refractivity contribution in [1.82, 2.24) is 3.97 Å². The van der Waals surface area contributed by atoms with E-state index in [0.29, 0.717) is 0 Å². The molecule has 3 nitrogen and oxygen atoms in total. The van der Waals surface area contributed by atoms with E-state index >= 15 is 0 Å². The zero-order chi connectivity index (χ0) is 14.3. The lowest BCUT2D eigenvalue weighted by atomic mass is 10.1. The Labute approximate surface area is 120 Å². The number of aryl methyl sites for hydroxylation is 1. The molecule has 2 aromatic carbocycles. The molecule has 4 heteroatoms. The van der Waals surface area contributed by atoms with Crippen molar-refractivity contribution in [2.45, 2.75) is 18.7 Å². The summed E-state index contributed by atoms with van der Waals surface area (Å²) < 4.78 is 14.7. The monoisotopic (exact) mass is 284 g/mol. The fourth-order valence-corrected chi connectivity index (χ4v) is 3.74. The third-order valence-electron chi connectivity index (χ3n) is 3.60. The first-order valence-electron chi connectivity index (χ1n) is 6.44. The van der Waals surface area contributed by atoms with Gasteiger partial charge in [0.05, 0.1) is 10.4 Å². The van der Waals surface area contributed by atoms with Crippen LogP contribution in [0.4, 0.5) is 5.69 Å². The molecule has 0 bridgehead atoms. The number of aromatic nitrogens is 1. The Bertz CT molecular complexity index is 806. The van der Waals surface area contributed by atoms with Gasteiger partial charge in [-0.2, -0.15) is 0 Å². The van der Waals surface area contributed by atoms with Gasteiger partial charge in [-0.15, -0.1) is 0 Å². The molecule has 0 spiro atoms. The molecule has 3 aromatic rings. The summed E-state index contributed by atoms with van der Waals surface area (Å²) in [6, 6.07) is 15.2. The SMILES string of the molecule is Cc1c(C)n(S(=O)c2ccccc2)c2ccc(N)cc12. The highest BCUT2D eigenvalue weighted by molar-refractivity contribution is 7.83. The van der Waals surface area contributed by atoms with Crippen molar-refractivity contribution in [3.63, 3.8) is 0 Å². The van der Waals surface area contributed by atoms with E-state index < -0.39 is 11.0 Å². The Morgan fingerprint density at radius 3 is 2.45 bits per heavy atom. The molecular formula is C16H16N2OS. The van der Waals surface area contributed by atoms with Crippen LogP contribution in [-0.4, -0.2) is 8.18 Å². The van der Waals surface area contributed by atoms with Crippen molar-refractivity contribution >= 4 is 27.6 Å². The molecule has 1 aromatic heterocycles. The van der Waals surface area contributed by atoms with Crippen LogP contribution in [0.25, 0.3) is 10.9 Å². The van der Waals surface area contributed by atoms with Crippen LogP contribution < -0.4 is 5.73 Å². The Morgan fingerprint density at radius 1 is 1.05 bits per heavy atom. The van der Waals surface area contributed by atoms with Gasteiger partial charge in [-0.25, -0.2) is 4.21 Å². The summed E-state index contributed by atoms with van der Waals surface area (Å²) in [7, 11) is -1.24. The minimum absolute atomic E-state index is 0.725. The predicted octanol–water partition coefficient (Wildman–Crippen LogP) is 3.41. The van der Waals surface area contributed by atoms with Gasteiger partial charge in [0, 0.05) is 16.8 Å². The topological polar surface area (TPSA) is 48.0 Å². The highest BCUT2D eigenvalue weighted by atomic mass is 32.2. The largest absolute Gasteiger partial charge is 0.399 e. The first-order valence-corrected chi connectivity index (χ1v) is 7.54. The second-order valence-electron chi connectivity index (χ2n) is 4.84. The van der Waals surface area contributed by atoms with Crippen LogP contribution >= 0.6 is 0 Å². The number of nitrogens with zero attached hydrogens (tertiary/aromatic N) is 1. The molecule has 1 heterocycles. The smallest absolute Gasteiger partial charge is 0.157 e. The van der Waals surface area contributed by atoms with Crippen LogP contribution in [0.1, 0.15) is 11.3 Å². The summed E-state index contributed by atoms with van der Waals surface area (Å²) in [6.07, 6.45) is 0. The Hall–Kier alpha value is -2.07. The van der Waals surface area contributed by atoms with Crippen LogP contribution in [0.3, 0.4) is 0 Å². The average Bonchev–Trinajstić information content (AvgIpc) is 2.71. The maximum absolute atomic E-state index is 12.8. The number of hydrogen-bond donors (Lipinski definition) is 1. The lowest BCUT2D eigenvalue weighted by Crippen LogP contribution is -2.06. The van der Waals surface area contributed by atoms with E-state index in [0.717, 1.165) is 32.7 Å². The van der Waals surface area contributed by atoms with Crippen LogP contribution in [0.2, 0.25) is 0 Å². The minimum atomic E-state index is -1.24. The molecule has 0 radical (unpaired) electrons. The summed E-state index contributed by atoms with van der Waals surface area (Å²) in [5, 5.41) is 1.06. The Morgan fingerprint density at radius 2 is 1.75 bits per heavy atom. The van der Waals surface area contributed by atoms with Gasteiger partial charge < -0.3 is 5.73 Å². The van der Waals surface area contributed by atoms with Gasteiger partial charge in [0.1, 0.15) is 0 Å². The van der Waals surface area contributed by atoms with Crippen molar-refractivity contribution in [3.8, 4) is 0 Å². The van der Waals surface area contributed by atoms with E-state index in [4.69, 9.17) is 5.73 Å². The fraction of sp³-hybridized carbons (Fsp3) is 0.125. The third-order valence-corrected chi connectivity index (χ3v) is 5.08. The normalized spacial score (nSPS) is 12.7. The molecule has 2 N–H and O–H groups in total. The second kappa shape index (κ2) is 4.80. The molecule has 0 aliphatic rings. The first kappa shape index (κ1) is 12.9. The van der Waals surface area contributed by atoms with E-state index in [9.17, 15) is 4.21 Å². The number of benzene rings is 2. The molecule has 0 saturated heterocycles. The Balaban J connectivity index is 2.27. The molecule has 20 heavy (non-hydrogen) atoms. The molecule has 0 amide bonds. The maximum atomic E-state index is 12.8. The third kappa shape index (κ3) is 1.93. The molecule has 1 unspecified atom stereocenters. The zero-order valence-corrected chi connectivity index (χ0v) is 12.3. The second-order valence-corrected chi connectivity index (χ2v) is 6.18. The highest BCUT2D eigenvalue weighted by Gasteiger charge is 2.16. The van der Waals surface area contributed by atoms with Gasteiger partial charge in [0.2, 0.25) is 0 Å². The number of rotatable bonds is 2. The summed E-state index contributed by atoms with van der Waals surface area (Å²) >= 11 is 0. The summed E-state index contributed by atoms with van der Waals surface area (Å²) in [4.78, 5) is 0.796. The molecule has 102 valence electrons. The van der Waals surface area contributed by atoms with Crippen molar-refractivity contribution in [2.75, 3.05) is 5.73 Å². The summed E-state index contributed by atoms with van der Waals surface area (Å²) in [5.74, 6) is 0. The van der Waals surface area contributed by atoms with Crippen LogP contribution in [0.5, 0.6) is 0 Å². The lowest BCUT2D eigenvalue weighted by molar-refractivity contribution is 0.677. The molecule has 0 fully saturated rings. The fourth-order valence-electron chi connectivity index (χ4n) is 2.42. The molecule has 0 aliphatic carbocycles. The van der Waals surface area contributed by atoms with E-state index in [1.807, 2.05) is 66.4 Å². The summed E-state index contributed by atoms with van der Waals surface area (Å²) in [6.45, 7) is 4.03. The van der Waals surface area contributed by atoms with Gasteiger partial charge in [-0.3, -0.25) is 3.97 Å². The molecular weight excluding hydrogens is 268 g/mol. The van der Waals surface area contributed by atoms with E-state index in [2.05, 4.69) is 0 Å². The van der Waals surface area contributed by atoms with Crippen LogP contribution in [0, 0.1) is 13.8 Å². The lowest BCUT2D eigenvalue weighted by Gasteiger charge is -2.08. The predicted molar refractivity (Wildman–Crippen MR) is 84.1 cm³/mol. The van der Waals surface area contributed by atoms with Crippen molar-refractivity contribution in [3.05, 3.63) is 59.8 Å². The van der Waals surface area contributed by atoms with E-state index in [1.54, 1.807) is 0 Å². The van der Waals surface area contributed by atoms with E-state index in [1.165, 1.54) is 0 Å². The number of nitrogen functional groups attached to an aromatic ring is 1.